The number of aromatic nitrogens is 5. The van der Waals surface area contributed by atoms with E-state index in [0.29, 0.717) is 30.2 Å². The van der Waals surface area contributed by atoms with Gasteiger partial charge in [0, 0.05) is 25.0 Å². The van der Waals surface area contributed by atoms with Crippen LogP contribution in [0.4, 0.5) is 5.82 Å². The summed E-state index contributed by atoms with van der Waals surface area (Å²) in [6.45, 7) is 4.01. The number of nitrogens with one attached hydrogen (secondary N) is 2. The summed E-state index contributed by atoms with van der Waals surface area (Å²) in [5, 5.41) is 15.3. The first-order valence-electron chi connectivity index (χ1n) is 9.77. The summed E-state index contributed by atoms with van der Waals surface area (Å²) >= 11 is 0. The Kier molecular flexibility index (Phi) is 4.74. The van der Waals surface area contributed by atoms with Gasteiger partial charge in [0.15, 0.2) is 5.65 Å². The number of rotatable bonds is 4. The molecule has 1 saturated heterocycles. The van der Waals surface area contributed by atoms with Crippen molar-refractivity contribution in [2.45, 2.75) is 13.0 Å². The first kappa shape index (κ1) is 18.5. The Morgan fingerprint density at radius 3 is 2.97 bits per heavy atom. The van der Waals surface area contributed by atoms with E-state index >= 15 is 0 Å². The van der Waals surface area contributed by atoms with Gasteiger partial charge in [-0.3, -0.25) is 4.79 Å². The Morgan fingerprint density at radius 2 is 2.17 bits per heavy atom. The molecule has 3 aromatic heterocycles. The van der Waals surface area contributed by atoms with Crippen molar-refractivity contribution in [3.8, 4) is 5.69 Å². The van der Waals surface area contributed by atoms with Crippen LogP contribution in [0.1, 0.15) is 27.7 Å². The van der Waals surface area contributed by atoms with Crippen LogP contribution >= 0.6 is 0 Å². The van der Waals surface area contributed by atoms with Gasteiger partial charge < -0.3 is 15.4 Å². The van der Waals surface area contributed by atoms with Gasteiger partial charge >= 0.3 is 0 Å². The molecule has 1 fully saturated rings. The molecule has 1 aliphatic heterocycles. The fourth-order valence-electron chi connectivity index (χ4n) is 3.47. The SMILES string of the molecule is Cc1ccc(-n2nc(C3COCCN3)cc2NC(=O)c2cnn3cccnc23)cc1. The number of hydrogen-bond donors (Lipinski definition) is 2. The van der Waals surface area contributed by atoms with Gasteiger partial charge in [0.1, 0.15) is 11.4 Å². The van der Waals surface area contributed by atoms with Crippen molar-refractivity contribution >= 4 is 17.4 Å². The van der Waals surface area contributed by atoms with Crippen molar-refractivity contribution < 1.29 is 9.53 Å². The summed E-state index contributed by atoms with van der Waals surface area (Å²) < 4.78 is 8.89. The molecule has 2 N–H and O–H groups in total. The molecule has 1 unspecified atom stereocenters. The van der Waals surface area contributed by atoms with E-state index in [1.807, 2.05) is 37.3 Å². The maximum absolute atomic E-state index is 13.0. The normalized spacial score (nSPS) is 16.6. The number of benzene rings is 1. The molecule has 0 saturated carbocycles. The Bertz CT molecular complexity index is 1190. The van der Waals surface area contributed by atoms with Crippen molar-refractivity contribution in [2.24, 2.45) is 0 Å². The number of carbonyl (C=O) groups is 1. The van der Waals surface area contributed by atoms with Crippen LogP contribution in [0.3, 0.4) is 0 Å². The number of anilines is 1. The molecule has 1 aliphatic rings. The number of ether oxygens (including phenoxy) is 1. The fourth-order valence-corrected chi connectivity index (χ4v) is 3.47. The third-order valence-corrected chi connectivity index (χ3v) is 5.05. The van der Waals surface area contributed by atoms with Gasteiger partial charge in [-0.05, 0) is 25.1 Å². The third-order valence-electron chi connectivity index (χ3n) is 5.05. The van der Waals surface area contributed by atoms with Crippen LogP contribution in [0.2, 0.25) is 0 Å². The molecular weight excluding hydrogens is 382 g/mol. The van der Waals surface area contributed by atoms with Crippen molar-refractivity contribution in [1.82, 2.24) is 29.7 Å². The zero-order valence-corrected chi connectivity index (χ0v) is 16.4. The number of fused-ring (bicyclic) bond motifs is 1. The van der Waals surface area contributed by atoms with E-state index < -0.39 is 0 Å². The van der Waals surface area contributed by atoms with Gasteiger partial charge in [0.05, 0.1) is 36.8 Å². The van der Waals surface area contributed by atoms with Crippen LogP contribution in [0.15, 0.2) is 55.0 Å². The molecule has 152 valence electrons. The highest BCUT2D eigenvalue weighted by Crippen LogP contribution is 2.24. The highest BCUT2D eigenvalue weighted by atomic mass is 16.5. The molecule has 9 heteroatoms. The Hall–Kier alpha value is -3.56. The summed E-state index contributed by atoms with van der Waals surface area (Å²) in [7, 11) is 0. The number of morpholine rings is 1. The summed E-state index contributed by atoms with van der Waals surface area (Å²) in [6.07, 6.45) is 4.90. The summed E-state index contributed by atoms with van der Waals surface area (Å²) in [5.41, 5.74) is 3.71. The van der Waals surface area contributed by atoms with Crippen molar-refractivity contribution in [2.75, 3.05) is 25.1 Å². The smallest absolute Gasteiger partial charge is 0.262 e. The Labute approximate surface area is 172 Å². The lowest BCUT2D eigenvalue weighted by Gasteiger charge is -2.21. The van der Waals surface area contributed by atoms with Gasteiger partial charge in [0.2, 0.25) is 0 Å². The Morgan fingerprint density at radius 1 is 1.30 bits per heavy atom. The van der Waals surface area contributed by atoms with E-state index in [1.54, 1.807) is 27.7 Å². The molecular formula is C21H21N7O2. The van der Waals surface area contributed by atoms with Gasteiger partial charge in [-0.2, -0.15) is 10.2 Å². The lowest BCUT2D eigenvalue weighted by molar-refractivity contribution is 0.0755. The number of nitrogens with zero attached hydrogens (tertiary/aromatic N) is 5. The van der Waals surface area contributed by atoms with E-state index in [2.05, 4.69) is 20.7 Å². The van der Waals surface area contributed by atoms with Gasteiger partial charge in [-0.1, -0.05) is 17.7 Å². The molecule has 1 atom stereocenters. The first-order chi connectivity index (χ1) is 14.7. The zero-order chi connectivity index (χ0) is 20.5. The lowest BCUT2D eigenvalue weighted by atomic mass is 10.2. The highest BCUT2D eigenvalue weighted by Gasteiger charge is 2.22. The van der Waals surface area contributed by atoms with E-state index in [9.17, 15) is 4.79 Å². The third kappa shape index (κ3) is 3.44. The second-order valence-electron chi connectivity index (χ2n) is 7.18. The maximum atomic E-state index is 13.0. The molecule has 30 heavy (non-hydrogen) atoms. The number of hydrogen-bond acceptors (Lipinski definition) is 6. The van der Waals surface area contributed by atoms with E-state index in [0.717, 1.165) is 23.5 Å². The number of aryl methyl sites for hydroxylation is 1. The molecule has 1 aromatic carbocycles. The molecule has 0 spiro atoms. The number of carbonyl (C=O) groups excluding carboxylic acids is 1. The molecule has 4 heterocycles. The van der Waals surface area contributed by atoms with Crippen LogP contribution in [0.25, 0.3) is 11.3 Å². The topological polar surface area (TPSA) is 98.4 Å². The maximum Gasteiger partial charge on any atom is 0.262 e. The van der Waals surface area contributed by atoms with Crippen molar-refractivity contribution in [3.05, 3.63) is 71.8 Å². The minimum atomic E-state index is -0.295. The Balaban J connectivity index is 1.51. The lowest BCUT2D eigenvalue weighted by Crippen LogP contribution is -2.34. The predicted molar refractivity (Wildman–Crippen MR) is 111 cm³/mol. The van der Waals surface area contributed by atoms with Gasteiger partial charge in [-0.25, -0.2) is 14.2 Å². The van der Waals surface area contributed by atoms with Crippen molar-refractivity contribution in [1.29, 1.82) is 0 Å². The minimum Gasteiger partial charge on any atom is -0.378 e. The van der Waals surface area contributed by atoms with Gasteiger partial charge in [-0.15, -0.1) is 0 Å². The van der Waals surface area contributed by atoms with Crippen LogP contribution in [-0.4, -0.2) is 50.0 Å². The number of amides is 1. The summed E-state index contributed by atoms with van der Waals surface area (Å²) in [5.74, 6) is 0.276. The highest BCUT2D eigenvalue weighted by molar-refractivity contribution is 6.07. The zero-order valence-electron chi connectivity index (χ0n) is 16.4. The van der Waals surface area contributed by atoms with Crippen LogP contribution in [0, 0.1) is 6.92 Å². The molecule has 5 rings (SSSR count). The summed E-state index contributed by atoms with van der Waals surface area (Å²) in [6, 6.07) is 11.6. The molecule has 0 radical (unpaired) electrons. The molecule has 4 aromatic rings. The first-order valence-corrected chi connectivity index (χ1v) is 9.77. The van der Waals surface area contributed by atoms with E-state index in [4.69, 9.17) is 9.84 Å². The monoisotopic (exact) mass is 403 g/mol. The molecule has 1 amide bonds. The molecule has 0 bridgehead atoms. The standard InChI is InChI=1S/C21H21N7O2/c1-14-3-5-15(6-4-14)28-19(11-17(26-28)18-13-30-10-8-22-18)25-21(29)16-12-24-27-9-2-7-23-20(16)27/h2-7,9,11-12,18,22H,8,10,13H2,1H3,(H,25,29). The minimum absolute atomic E-state index is 0.0280. The largest absolute Gasteiger partial charge is 0.378 e. The van der Waals surface area contributed by atoms with Crippen LogP contribution < -0.4 is 10.6 Å². The van der Waals surface area contributed by atoms with Crippen molar-refractivity contribution in [3.63, 3.8) is 0 Å². The average Bonchev–Trinajstić information content (AvgIpc) is 3.39. The van der Waals surface area contributed by atoms with E-state index in [-0.39, 0.29) is 11.9 Å². The summed E-state index contributed by atoms with van der Waals surface area (Å²) in [4.78, 5) is 17.3. The van der Waals surface area contributed by atoms with Crippen LogP contribution in [0.5, 0.6) is 0 Å². The predicted octanol–water partition coefficient (Wildman–Crippen LogP) is 2.14. The second-order valence-corrected chi connectivity index (χ2v) is 7.18. The average molecular weight is 403 g/mol. The van der Waals surface area contributed by atoms with Crippen LogP contribution in [-0.2, 0) is 4.74 Å². The van der Waals surface area contributed by atoms with Gasteiger partial charge in [0.25, 0.3) is 5.91 Å². The van der Waals surface area contributed by atoms with E-state index in [1.165, 1.54) is 6.20 Å². The fraction of sp³-hybridized carbons (Fsp3) is 0.238. The molecule has 0 aliphatic carbocycles. The molecule has 9 nitrogen and oxygen atoms in total. The second kappa shape index (κ2) is 7.69. The quantitative estimate of drug-likeness (QED) is 0.542.